The van der Waals surface area contributed by atoms with Crippen LogP contribution in [0.4, 0.5) is 11.4 Å². The Morgan fingerprint density at radius 1 is 1.14 bits per heavy atom. The summed E-state index contributed by atoms with van der Waals surface area (Å²) in [6, 6.07) is 6.45. The molecule has 0 fully saturated rings. The molecular formula is C17H23N3OS. The van der Waals surface area contributed by atoms with E-state index in [1.54, 1.807) is 11.3 Å². The van der Waals surface area contributed by atoms with Crippen molar-refractivity contribution >= 4 is 22.7 Å². The molecule has 1 aromatic carbocycles. The van der Waals surface area contributed by atoms with E-state index in [-0.39, 0.29) is 6.10 Å². The number of benzene rings is 1. The summed E-state index contributed by atoms with van der Waals surface area (Å²) < 4.78 is 0. The molecule has 22 heavy (non-hydrogen) atoms. The molecule has 1 aromatic heterocycles. The van der Waals surface area contributed by atoms with Gasteiger partial charge in [-0.25, -0.2) is 4.98 Å². The maximum absolute atomic E-state index is 10.1. The van der Waals surface area contributed by atoms with Gasteiger partial charge in [0, 0.05) is 33.8 Å². The lowest BCUT2D eigenvalue weighted by atomic mass is 10.0. The normalized spacial score (nSPS) is 17.2. The Kier molecular flexibility index (Phi) is 4.10. The zero-order chi connectivity index (χ0) is 15.9. The largest absolute Gasteiger partial charge is 0.388 e. The van der Waals surface area contributed by atoms with Crippen LogP contribution in [0.5, 0.6) is 0 Å². The van der Waals surface area contributed by atoms with Crippen LogP contribution in [0.3, 0.4) is 0 Å². The third-order valence-corrected chi connectivity index (χ3v) is 5.36. The van der Waals surface area contributed by atoms with Crippen molar-refractivity contribution in [1.29, 1.82) is 0 Å². The first kappa shape index (κ1) is 15.3. The molecule has 0 saturated heterocycles. The first-order valence-corrected chi connectivity index (χ1v) is 8.45. The molecular weight excluding hydrogens is 294 g/mol. The fourth-order valence-electron chi connectivity index (χ4n) is 2.91. The molecule has 118 valence electrons. The molecule has 2 aromatic rings. The minimum atomic E-state index is -0.329. The zero-order valence-electron chi connectivity index (χ0n) is 13.6. The quantitative estimate of drug-likeness (QED) is 0.943. The molecule has 4 nitrogen and oxygen atoms in total. The van der Waals surface area contributed by atoms with Crippen molar-refractivity contribution in [2.24, 2.45) is 0 Å². The molecule has 0 aliphatic heterocycles. The molecule has 1 unspecified atom stereocenters. The van der Waals surface area contributed by atoms with Gasteiger partial charge in [-0.05, 0) is 37.5 Å². The van der Waals surface area contributed by atoms with E-state index in [1.807, 2.05) is 0 Å². The Morgan fingerprint density at radius 3 is 2.50 bits per heavy atom. The Bertz CT molecular complexity index is 679. The highest BCUT2D eigenvalue weighted by molar-refractivity contribution is 7.15. The van der Waals surface area contributed by atoms with Crippen molar-refractivity contribution in [2.75, 3.05) is 38.0 Å². The topological polar surface area (TPSA) is 39.6 Å². The maximum Gasteiger partial charge on any atom is 0.124 e. The summed E-state index contributed by atoms with van der Waals surface area (Å²) in [5.74, 6) is 0. The number of rotatable bonds is 3. The van der Waals surface area contributed by atoms with Gasteiger partial charge in [0.1, 0.15) is 5.01 Å². The lowest BCUT2D eigenvalue weighted by molar-refractivity contribution is 0.160. The van der Waals surface area contributed by atoms with E-state index < -0.39 is 0 Å². The minimum Gasteiger partial charge on any atom is -0.388 e. The molecule has 0 spiro atoms. The number of aliphatic hydroxyl groups is 1. The van der Waals surface area contributed by atoms with Crippen molar-refractivity contribution in [2.45, 2.75) is 25.4 Å². The van der Waals surface area contributed by atoms with Gasteiger partial charge in [0.2, 0.25) is 0 Å². The van der Waals surface area contributed by atoms with E-state index >= 15 is 0 Å². The molecule has 1 atom stereocenters. The van der Waals surface area contributed by atoms with Crippen molar-refractivity contribution in [1.82, 2.24) is 4.98 Å². The molecule has 0 bridgehead atoms. The molecule has 1 N–H and O–H groups in total. The summed E-state index contributed by atoms with van der Waals surface area (Å²) in [7, 11) is 8.23. The van der Waals surface area contributed by atoms with Crippen molar-refractivity contribution in [3.8, 4) is 10.6 Å². The van der Waals surface area contributed by atoms with Crippen molar-refractivity contribution < 1.29 is 5.11 Å². The monoisotopic (exact) mass is 317 g/mol. The third kappa shape index (κ3) is 2.71. The lowest BCUT2D eigenvalue weighted by Crippen LogP contribution is -2.16. The van der Waals surface area contributed by atoms with Gasteiger partial charge in [0.05, 0.1) is 28.0 Å². The van der Waals surface area contributed by atoms with Crippen molar-refractivity contribution in [3.63, 3.8) is 0 Å². The van der Waals surface area contributed by atoms with Crippen LogP contribution in [0.15, 0.2) is 18.2 Å². The maximum atomic E-state index is 10.1. The molecule has 1 aliphatic carbocycles. The second-order valence-electron chi connectivity index (χ2n) is 6.23. The Hall–Kier alpha value is -1.59. The number of anilines is 2. The lowest BCUT2D eigenvalue weighted by Gasteiger charge is -2.23. The van der Waals surface area contributed by atoms with Gasteiger partial charge in [-0.2, -0.15) is 0 Å². The number of aromatic nitrogens is 1. The Labute approximate surface area is 136 Å². The average Bonchev–Trinajstić information content (AvgIpc) is 2.92. The van der Waals surface area contributed by atoms with Gasteiger partial charge < -0.3 is 14.9 Å². The van der Waals surface area contributed by atoms with Crippen LogP contribution in [0.2, 0.25) is 0 Å². The highest BCUT2D eigenvalue weighted by atomic mass is 32.1. The third-order valence-electron chi connectivity index (χ3n) is 4.11. The standard InChI is InChI=1S/C17H23N3OS/c1-19(2)13-9-8-11(10-14(13)20(3)4)17-18-12-6-5-7-15(21)16(12)22-17/h8-10,15,21H,5-7H2,1-4H3. The first-order valence-electron chi connectivity index (χ1n) is 7.64. The summed E-state index contributed by atoms with van der Waals surface area (Å²) in [6.07, 6.45) is 2.54. The zero-order valence-corrected chi connectivity index (χ0v) is 14.4. The van der Waals surface area contributed by atoms with E-state index in [1.165, 1.54) is 11.4 Å². The summed E-state index contributed by atoms with van der Waals surface area (Å²) in [5.41, 5.74) is 4.58. The molecule has 0 amide bonds. The van der Waals surface area contributed by atoms with Gasteiger partial charge in [-0.1, -0.05) is 0 Å². The Balaban J connectivity index is 2.04. The first-order chi connectivity index (χ1) is 10.5. The summed E-state index contributed by atoms with van der Waals surface area (Å²) in [4.78, 5) is 10.1. The second-order valence-corrected chi connectivity index (χ2v) is 7.26. The fraction of sp³-hybridized carbons (Fsp3) is 0.471. The van der Waals surface area contributed by atoms with Crippen LogP contribution in [0.25, 0.3) is 10.6 Å². The van der Waals surface area contributed by atoms with Crippen LogP contribution in [0.1, 0.15) is 29.5 Å². The van der Waals surface area contributed by atoms with Crippen LogP contribution in [0, 0.1) is 0 Å². The van der Waals surface area contributed by atoms with Crippen LogP contribution >= 0.6 is 11.3 Å². The predicted molar refractivity (Wildman–Crippen MR) is 94.1 cm³/mol. The summed E-state index contributed by atoms with van der Waals surface area (Å²) in [5, 5.41) is 11.2. The van der Waals surface area contributed by atoms with Gasteiger partial charge in [0.25, 0.3) is 0 Å². The SMILES string of the molecule is CN(C)c1ccc(-c2nc3c(s2)C(O)CCC3)cc1N(C)C. The average molecular weight is 317 g/mol. The smallest absolute Gasteiger partial charge is 0.124 e. The molecule has 1 aliphatic rings. The highest BCUT2D eigenvalue weighted by Crippen LogP contribution is 2.39. The fourth-order valence-corrected chi connectivity index (χ4v) is 4.04. The molecule has 0 radical (unpaired) electrons. The van der Waals surface area contributed by atoms with E-state index in [0.717, 1.165) is 40.4 Å². The summed E-state index contributed by atoms with van der Waals surface area (Å²) in [6.45, 7) is 0. The van der Waals surface area contributed by atoms with Crippen LogP contribution in [-0.4, -0.2) is 38.3 Å². The highest BCUT2D eigenvalue weighted by Gasteiger charge is 2.23. The van der Waals surface area contributed by atoms with Gasteiger partial charge in [-0.3, -0.25) is 0 Å². The molecule has 0 saturated carbocycles. The number of nitrogens with zero attached hydrogens (tertiary/aromatic N) is 3. The number of hydrogen-bond acceptors (Lipinski definition) is 5. The number of aryl methyl sites for hydroxylation is 1. The number of fused-ring (bicyclic) bond motifs is 1. The van der Waals surface area contributed by atoms with Crippen LogP contribution < -0.4 is 9.80 Å². The number of thiazole rings is 1. The van der Waals surface area contributed by atoms with Gasteiger partial charge >= 0.3 is 0 Å². The second kappa shape index (κ2) is 5.89. The predicted octanol–water partition coefficient (Wildman–Crippen LogP) is 3.31. The molecule has 5 heteroatoms. The molecule has 1 heterocycles. The van der Waals surface area contributed by atoms with E-state index in [9.17, 15) is 5.11 Å². The molecule has 3 rings (SSSR count). The number of aliphatic hydroxyl groups excluding tert-OH is 1. The Morgan fingerprint density at radius 2 is 1.86 bits per heavy atom. The van der Waals surface area contributed by atoms with Gasteiger partial charge in [0.15, 0.2) is 0 Å². The minimum absolute atomic E-state index is 0.329. The van der Waals surface area contributed by atoms with Gasteiger partial charge in [-0.15, -0.1) is 11.3 Å². The number of hydrogen-bond donors (Lipinski definition) is 1. The summed E-state index contributed by atoms with van der Waals surface area (Å²) >= 11 is 1.64. The van der Waals surface area contributed by atoms with E-state index in [2.05, 4.69) is 56.2 Å². The van der Waals surface area contributed by atoms with E-state index in [0.29, 0.717) is 0 Å². The van der Waals surface area contributed by atoms with E-state index in [4.69, 9.17) is 4.98 Å². The van der Waals surface area contributed by atoms with Crippen molar-refractivity contribution in [3.05, 3.63) is 28.8 Å². The van der Waals surface area contributed by atoms with Crippen LogP contribution in [-0.2, 0) is 6.42 Å².